The highest BCUT2D eigenvalue weighted by Crippen LogP contribution is 2.33. The minimum absolute atomic E-state index is 0.0197. The fourth-order valence-corrected chi connectivity index (χ4v) is 3.32. The standard InChI is InChI=1S/C21H17ClN6O2/c1-12(20-25-11-26-28(20)18-5-2-13(9-23)10-24-18)27-21(30)16-6-15(7-17(22)8-16)19(29)14-3-4-14/h2,5-8,10-12,14H,3-4H2,1H3,(H,27,30)/t12-/m0/s1. The highest BCUT2D eigenvalue weighted by molar-refractivity contribution is 6.31. The minimum atomic E-state index is -0.501. The summed E-state index contributed by atoms with van der Waals surface area (Å²) in [5, 5.41) is 16.3. The lowest BCUT2D eigenvalue weighted by atomic mass is 10.0. The Morgan fingerprint density at radius 1 is 1.23 bits per heavy atom. The van der Waals surface area contributed by atoms with E-state index < -0.39 is 6.04 Å². The molecule has 1 aliphatic carbocycles. The number of hydrogen-bond acceptors (Lipinski definition) is 6. The minimum Gasteiger partial charge on any atom is -0.342 e. The average Bonchev–Trinajstić information content (AvgIpc) is 3.48. The first-order valence-corrected chi connectivity index (χ1v) is 9.76. The van der Waals surface area contributed by atoms with E-state index in [1.54, 1.807) is 31.2 Å². The summed E-state index contributed by atoms with van der Waals surface area (Å²) in [7, 11) is 0. The van der Waals surface area contributed by atoms with Gasteiger partial charge in [0.2, 0.25) is 0 Å². The monoisotopic (exact) mass is 420 g/mol. The van der Waals surface area contributed by atoms with Gasteiger partial charge in [-0.25, -0.2) is 9.97 Å². The summed E-state index contributed by atoms with van der Waals surface area (Å²) >= 11 is 6.14. The molecule has 4 rings (SSSR count). The summed E-state index contributed by atoms with van der Waals surface area (Å²) in [6.07, 6.45) is 4.56. The van der Waals surface area contributed by atoms with Gasteiger partial charge in [0.05, 0.1) is 11.6 Å². The van der Waals surface area contributed by atoms with Crippen molar-refractivity contribution in [2.24, 2.45) is 5.92 Å². The van der Waals surface area contributed by atoms with Gasteiger partial charge in [-0.1, -0.05) is 11.6 Å². The molecule has 0 radical (unpaired) electrons. The number of halogens is 1. The first kappa shape index (κ1) is 19.7. The van der Waals surface area contributed by atoms with E-state index in [2.05, 4.69) is 20.4 Å². The summed E-state index contributed by atoms with van der Waals surface area (Å²) in [4.78, 5) is 33.6. The second-order valence-electron chi connectivity index (χ2n) is 7.11. The number of aromatic nitrogens is 4. The lowest BCUT2D eigenvalue weighted by Gasteiger charge is -2.15. The van der Waals surface area contributed by atoms with Crippen molar-refractivity contribution in [1.29, 1.82) is 5.26 Å². The zero-order chi connectivity index (χ0) is 21.3. The Kier molecular flexibility index (Phi) is 5.29. The number of Topliss-reactive ketones (excluding diaryl/α,β-unsaturated/α-hetero) is 1. The lowest BCUT2D eigenvalue weighted by Crippen LogP contribution is -2.29. The number of nitrogens with one attached hydrogen (secondary N) is 1. The van der Waals surface area contributed by atoms with Crippen molar-refractivity contribution in [2.75, 3.05) is 0 Å². The third kappa shape index (κ3) is 4.07. The van der Waals surface area contributed by atoms with Crippen LogP contribution in [0.25, 0.3) is 5.82 Å². The van der Waals surface area contributed by atoms with Crippen molar-refractivity contribution in [3.8, 4) is 11.9 Å². The molecule has 1 aromatic carbocycles. The number of carbonyl (C=O) groups excluding carboxylic acids is 2. The Balaban J connectivity index is 1.54. The number of hydrogen-bond donors (Lipinski definition) is 1. The Bertz CT molecular complexity index is 1160. The Morgan fingerprint density at radius 2 is 2.00 bits per heavy atom. The number of pyridine rings is 1. The lowest BCUT2D eigenvalue weighted by molar-refractivity contribution is 0.0938. The van der Waals surface area contributed by atoms with Crippen LogP contribution in [0, 0.1) is 17.2 Å². The quantitative estimate of drug-likeness (QED) is 0.612. The fraction of sp³-hybridized carbons (Fsp3) is 0.238. The summed E-state index contributed by atoms with van der Waals surface area (Å²) in [6.45, 7) is 1.77. The molecule has 0 saturated heterocycles. The molecule has 1 N–H and O–H groups in total. The average molecular weight is 421 g/mol. The van der Waals surface area contributed by atoms with Crippen molar-refractivity contribution in [3.05, 3.63) is 70.4 Å². The van der Waals surface area contributed by atoms with E-state index >= 15 is 0 Å². The normalized spacial score (nSPS) is 14.0. The molecule has 30 heavy (non-hydrogen) atoms. The molecule has 9 heteroatoms. The second kappa shape index (κ2) is 8.05. The van der Waals surface area contributed by atoms with Gasteiger partial charge in [-0.3, -0.25) is 9.59 Å². The van der Waals surface area contributed by atoms with Gasteiger partial charge in [-0.2, -0.15) is 15.0 Å². The van der Waals surface area contributed by atoms with E-state index in [4.69, 9.17) is 16.9 Å². The maximum Gasteiger partial charge on any atom is 0.251 e. The van der Waals surface area contributed by atoms with E-state index in [0.717, 1.165) is 12.8 Å². The molecule has 1 amide bonds. The zero-order valence-electron chi connectivity index (χ0n) is 16.0. The van der Waals surface area contributed by atoms with Gasteiger partial charge in [0, 0.05) is 28.3 Å². The molecule has 1 saturated carbocycles. The van der Waals surface area contributed by atoms with Crippen LogP contribution < -0.4 is 5.32 Å². The first-order chi connectivity index (χ1) is 14.5. The smallest absolute Gasteiger partial charge is 0.251 e. The molecule has 1 fully saturated rings. The number of rotatable bonds is 6. The molecule has 2 heterocycles. The van der Waals surface area contributed by atoms with Crippen LogP contribution in [-0.2, 0) is 0 Å². The molecule has 2 aromatic heterocycles. The Labute approximate surface area is 177 Å². The summed E-state index contributed by atoms with van der Waals surface area (Å²) in [6, 6.07) is 9.48. The predicted octanol–water partition coefficient (Wildman–Crippen LogP) is 3.27. The third-order valence-electron chi connectivity index (χ3n) is 4.80. The molecular formula is C21H17ClN6O2. The number of nitriles is 1. The van der Waals surface area contributed by atoms with E-state index in [0.29, 0.717) is 33.4 Å². The molecule has 3 aromatic rings. The van der Waals surface area contributed by atoms with Crippen molar-refractivity contribution in [1.82, 2.24) is 25.1 Å². The van der Waals surface area contributed by atoms with E-state index in [-0.39, 0.29) is 17.6 Å². The van der Waals surface area contributed by atoms with Gasteiger partial charge in [-0.05, 0) is 50.1 Å². The highest BCUT2D eigenvalue weighted by Gasteiger charge is 2.31. The maximum absolute atomic E-state index is 12.8. The van der Waals surface area contributed by atoms with Crippen LogP contribution in [0.5, 0.6) is 0 Å². The molecule has 0 aliphatic heterocycles. The van der Waals surface area contributed by atoms with Gasteiger partial charge in [-0.15, -0.1) is 0 Å². The Hall–Kier alpha value is -3.57. The number of nitrogens with zero attached hydrogens (tertiary/aromatic N) is 5. The topological polar surface area (TPSA) is 114 Å². The van der Waals surface area contributed by atoms with E-state index in [1.807, 2.05) is 6.07 Å². The van der Waals surface area contributed by atoms with E-state index in [1.165, 1.54) is 23.3 Å². The molecule has 0 spiro atoms. The van der Waals surface area contributed by atoms with Crippen molar-refractivity contribution in [3.63, 3.8) is 0 Å². The van der Waals surface area contributed by atoms with Crippen molar-refractivity contribution < 1.29 is 9.59 Å². The molecule has 0 unspecified atom stereocenters. The molecule has 8 nitrogen and oxygen atoms in total. The van der Waals surface area contributed by atoms with Crippen LogP contribution in [0.4, 0.5) is 0 Å². The summed E-state index contributed by atoms with van der Waals surface area (Å²) in [5.74, 6) is 0.625. The Morgan fingerprint density at radius 3 is 2.67 bits per heavy atom. The van der Waals surface area contributed by atoms with Crippen LogP contribution in [0.3, 0.4) is 0 Å². The number of ketones is 1. The maximum atomic E-state index is 12.8. The second-order valence-corrected chi connectivity index (χ2v) is 7.55. The molecule has 150 valence electrons. The molecule has 1 aliphatic rings. The van der Waals surface area contributed by atoms with Gasteiger partial charge < -0.3 is 5.32 Å². The zero-order valence-corrected chi connectivity index (χ0v) is 16.8. The molecule has 1 atom stereocenters. The summed E-state index contributed by atoms with van der Waals surface area (Å²) < 4.78 is 1.49. The van der Waals surface area contributed by atoms with Gasteiger partial charge in [0.1, 0.15) is 12.4 Å². The van der Waals surface area contributed by atoms with Gasteiger partial charge in [0.15, 0.2) is 17.4 Å². The van der Waals surface area contributed by atoms with Crippen molar-refractivity contribution >= 4 is 23.3 Å². The predicted molar refractivity (Wildman–Crippen MR) is 108 cm³/mol. The van der Waals surface area contributed by atoms with Crippen LogP contribution in [0.15, 0.2) is 42.9 Å². The number of amides is 1. The molecule has 0 bridgehead atoms. The highest BCUT2D eigenvalue weighted by atomic mass is 35.5. The van der Waals surface area contributed by atoms with Gasteiger partial charge >= 0.3 is 0 Å². The molecular weight excluding hydrogens is 404 g/mol. The van der Waals surface area contributed by atoms with Crippen LogP contribution in [0.2, 0.25) is 5.02 Å². The third-order valence-corrected chi connectivity index (χ3v) is 5.01. The van der Waals surface area contributed by atoms with Crippen molar-refractivity contribution in [2.45, 2.75) is 25.8 Å². The first-order valence-electron chi connectivity index (χ1n) is 9.38. The van der Waals surface area contributed by atoms with Crippen LogP contribution in [0.1, 0.15) is 57.9 Å². The number of carbonyl (C=O) groups is 2. The fourth-order valence-electron chi connectivity index (χ4n) is 3.09. The summed E-state index contributed by atoms with van der Waals surface area (Å²) in [5.41, 5.74) is 1.19. The van der Waals surface area contributed by atoms with Gasteiger partial charge in [0.25, 0.3) is 5.91 Å². The van der Waals surface area contributed by atoms with Crippen LogP contribution in [-0.4, -0.2) is 31.4 Å². The SMILES string of the molecule is C[C@H](NC(=O)c1cc(Cl)cc(C(=O)C2CC2)c1)c1ncnn1-c1ccc(C#N)cn1. The van der Waals surface area contributed by atoms with Crippen LogP contribution >= 0.6 is 11.6 Å². The largest absolute Gasteiger partial charge is 0.342 e. The number of benzene rings is 1. The van der Waals surface area contributed by atoms with E-state index in [9.17, 15) is 9.59 Å².